The van der Waals surface area contributed by atoms with Gasteiger partial charge >= 0.3 is 8.32 Å². The van der Waals surface area contributed by atoms with Crippen molar-refractivity contribution in [1.82, 2.24) is 10.2 Å². The highest BCUT2D eigenvalue weighted by Gasteiger charge is 2.52. The lowest BCUT2D eigenvalue weighted by atomic mass is 10.0. The van der Waals surface area contributed by atoms with Crippen molar-refractivity contribution in [3.8, 4) is 16.9 Å². The fourth-order valence-corrected chi connectivity index (χ4v) is 9.74. The summed E-state index contributed by atoms with van der Waals surface area (Å²) in [6.07, 6.45) is 0. The summed E-state index contributed by atoms with van der Waals surface area (Å²) < 4.78 is 22.8. The summed E-state index contributed by atoms with van der Waals surface area (Å²) in [5.41, 5.74) is -0.609. The maximum Gasteiger partial charge on any atom is 0.319 e. The molecule has 5 nitrogen and oxygen atoms in total. The second kappa shape index (κ2) is 9.74. The van der Waals surface area contributed by atoms with Gasteiger partial charge in [-0.2, -0.15) is 0 Å². The quantitative estimate of drug-likeness (QED) is 0.282. The van der Waals surface area contributed by atoms with E-state index >= 15 is 4.39 Å². The maximum atomic E-state index is 15.7. The normalized spacial score (nSPS) is 12.0. The lowest BCUT2D eigenvalue weighted by Gasteiger charge is -2.43. The zero-order valence-electron chi connectivity index (χ0n) is 21.1. The summed E-state index contributed by atoms with van der Waals surface area (Å²) in [6, 6.07) is 27.5. The van der Waals surface area contributed by atoms with E-state index in [9.17, 15) is 9.59 Å². The minimum Gasteiger partial charge on any atom is -0.533 e. The van der Waals surface area contributed by atoms with Crippen LogP contribution in [0.4, 0.5) is 4.39 Å². The van der Waals surface area contributed by atoms with Crippen LogP contribution in [0.2, 0.25) is 10.1 Å². The van der Waals surface area contributed by atoms with Gasteiger partial charge in [0.15, 0.2) is 0 Å². The van der Waals surface area contributed by atoms with E-state index in [0.29, 0.717) is 5.75 Å². The summed E-state index contributed by atoms with van der Waals surface area (Å²) in [5, 5.41) is 6.66. The number of halogens is 2. The molecule has 0 amide bonds. The van der Waals surface area contributed by atoms with Gasteiger partial charge in [-0.3, -0.25) is 19.8 Å². The Kier molecular flexibility index (Phi) is 6.59. The van der Waals surface area contributed by atoms with Crippen molar-refractivity contribution < 1.29 is 8.82 Å². The fourth-order valence-electron chi connectivity index (χ4n) is 5.05. The number of hydrogen-bond donors (Lipinski definition) is 2. The third-order valence-electron chi connectivity index (χ3n) is 6.81. The van der Waals surface area contributed by atoms with Gasteiger partial charge in [0, 0.05) is 10.6 Å². The third-order valence-corrected chi connectivity index (χ3v) is 12.1. The van der Waals surface area contributed by atoms with Crippen molar-refractivity contribution in [3.05, 3.63) is 123 Å². The van der Waals surface area contributed by atoms with Crippen molar-refractivity contribution in [1.29, 1.82) is 0 Å². The lowest BCUT2D eigenvalue weighted by Crippen LogP contribution is -2.68. The van der Waals surface area contributed by atoms with Crippen LogP contribution in [-0.2, 0) is 0 Å². The fraction of sp³-hybridized carbons (Fsp3) is 0.133. The molecular formula is C30H26ClFN2O3Si. The molecule has 0 unspecified atom stereocenters. The zero-order chi connectivity index (χ0) is 27.1. The standard InChI is InChI=1S/C30H26ClFN2O3Si/c1-30(2,3)38(19-11-6-4-7-12-19,20-13-8-5-9-14-20)37-26-16-10-15-25(32)27(26)23-17-21-22(18-24(23)31)29(36)34-33-28(21)35/h4-18H,1-3H3,(H,33,35)(H,34,36). The van der Waals surface area contributed by atoms with Crippen molar-refractivity contribution in [2.24, 2.45) is 0 Å². The Hall–Kier alpha value is -3.94. The Morgan fingerprint density at radius 2 is 1.29 bits per heavy atom. The molecule has 192 valence electrons. The molecule has 0 saturated carbocycles. The van der Waals surface area contributed by atoms with E-state index in [1.54, 1.807) is 12.1 Å². The molecule has 4 aromatic carbocycles. The van der Waals surface area contributed by atoms with Crippen LogP contribution in [0.15, 0.2) is 101 Å². The first-order chi connectivity index (χ1) is 18.1. The molecule has 38 heavy (non-hydrogen) atoms. The van der Waals surface area contributed by atoms with Crippen molar-refractivity contribution in [2.45, 2.75) is 25.8 Å². The third kappa shape index (κ3) is 4.27. The molecule has 0 aliphatic heterocycles. The first-order valence-electron chi connectivity index (χ1n) is 12.2. The van der Waals surface area contributed by atoms with Gasteiger partial charge in [-0.05, 0) is 39.7 Å². The van der Waals surface area contributed by atoms with Crippen LogP contribution in [0.3, 0.4) is 0 Å². The Balaban J connectivity index is 1.81. The molecule has 0 aliphatic rings. The second-order valence-electron chi connectivity index (χ2n) is 10.2. The first kappa shape index (κ1) is 25.7. The number of H-pyrrole nitrogens is 2. The van der Waals surface area contributed by atoms with Crippen LogP contribution < -0.4 is 25.9 Å². The molecule has 5 aromatic rings. The van der Waals surface area contributed by atoms with Crippen molar-refractivity contribution >= 4 is 41.1 Å². The van der Waals surface area contributed by atoms with Crippen LogP contribution >= 0.6 is 11.6 Å². The predicted octanol–water partition coefficient (Wildman–Crippen LogP) is 5.61. The van der Waals surface area contributed by atoms with Gasteiger partial charge in [0.1, 0.15) is 11.6 Å². The van der Waals surface area contributed by atoms with E-state index in [1.807, 2.05) is 36.4 Å². The zero-order valence-corrected chi connectivity index (χ0v) is 22.9. The van der Waals surface area contributed by atoms with Gasteiger partial charge in [-0.15, -0.1) is 0 Å². The Morgan fingerprint density at radius 1 is 0.763 bits per heavy atom. The molecule has 2 N–H and O–H groups in total. The number of rotatable bonds is 5. The van der Waals surface area contributed by atoms with E-state index < -0.39 is 25.3 Å². The summed E-state index contributed by atoms with van der Waals surface area (Å²) in [5.74, 6) is -0.246. The van der Waals surface area contributed by atoms with E-state index in [1.165, 1.54) is 18.2 Å². The molecule has 0 atom stereocenters. The van der Waals surface area contributed by atoms with E-state index in [0.717, 1.165) is 10.4 Å². The van der Waals surface area contributed by atoms with Gasteiger partial charge in [-0.25, -0.2) is 4.39 Å². The topological polar surface area (TPSA) is 75.0 Å². The Labute approximate surface area is 225 Å². The smallest absolute Gasteiger partial charge is 0.319 e. The Bertz CT molecular complexity index is 1710. The molecule has 0 spiro atoms. The van der Waals surface area contributed by atoms with Crippen LogP contribution in [0.5, 0.6) is 5.75 Å². The highest BCUT2D eigenvalue weighted by molar-refractivity contribution is 7.00. The monoisotopic (exact) mass is 544 g/mol. The van der Waals surface area contributed by atoms with Gasteiger partial charge in [0.25, 0.3) is 11.1 Å². The maximum absolute atomic E-state index is 15.7. The summed E-state index contributed by atoms with van der Waals surface area (Å²) in [6.45, 7) is 6.40. The largest absolute Gasteiger partial charge is 0.533 e. The van der Waals surface area contributed by atoms with Crippen molar-refractivity contribution in [3.63, 3.8) is 0 Å². The summed E-state index contributed by atoms with van der Waals surface area (Å²) in [4.78, 5) is 24.8. The van der Waals surface area contributed by atoms with Crippen LogP contribution in [0, 0.1) is 5.82 Å². The number of aromatic amines is 2. The molecule has 1 heterocycles. The van der Waals surface area contributed by atoms with Gasteiger partial charge in [-0.1, -0.05) is 99.1 Å². The first-order valence-corrected chi connectivity index (χ1v) is 14.5. The number of benzene rings is 4. The highest BCUT2D eigenvalue weighted by Crippen LogP contribution is 2.43. The second-order valence-corrected chi connectivity index (χ2v) is 14.8. The molecule has 0 saturated heterocycles. The lowest BCUT2D eigenvalue weighted by molar-refractivity contribution is 0.504. The average molecular weight is 545 g/mol. The molecular weight excluding hydrogens is 519 g/mol. The number of fused-ring (bicyclic) bond motifs is 1. The summed E-state index contributed by atoms with van der Waals surface area (Å²) in [7, 11) is -3.10. The van der Waals surface area contributed by atoms with E-state index in [4.69, 9.17) is 16.0 Å². The molecule has 5 rings (SSSR count). The molecule has 8 heteroatoms. The van der Waals surface area contributed by atoms with Crippen LogP contribution in [-0.4, -0.2) is 18.5 Å². The van der Waals surface area contributed by atoms with E-state index in [2.05, 4.69) is 55.2 Å². The molecule has 0 aliphatic carbocycles. The van der Waals surface area contributed by atoms with Gasteiger partial charge in [0.2, 0.25) is 0 Å². The number of aromatic nitrogens is 2. The Morgan fingerprint density at radius 3 is 1.82 bits per heavy atom. The predicted molar refractivity (Wildman–Crippen MR) is 154 cm³/mol. The molecule has 0 bridgehead atoms. The molecule has 0 fully saturated rings. The molecule has 1 aromatic heterocycles. The van der Waals surface area contributed by atoms with Crippen LogP contribution in [0.25, 0.3) is 21.9 Å². The minimum absolute atomic E-state index is 0.104. The summed E-state index contributed by atoms with van der Waals surface area (Å²) >= 11 is 6.63. The SMILES string of the molecule is CC(C)(C)[Si](Oc1cccc(F)c1-c1cc2c(=O)[nH][nH]c(=O)c2cc1Cl)(c1ccccc1)c1ccccc1. The van der Waals surface area contributed by atoms with Crippen LogP contribution in [0.1, 0.15) is 20.8 Å². The minimum atomic E-state index is -3.10. The number of nitrogens with one attached hydrogen (secondary N) is 2. The van der Waals surface area contributed by atoms with Gasteiger partial charge in [0.05, 0.1) is 16.3 Å². The number of hydrogen-bond acceptors (Lipinski definition) is 3. The van der Waals surface area contributed by atoms with E-state index in [-0.39, 0.29) is 32.0 Å². The molecule has 0 radical (unpaired) electrons. The van der Waals surface area contributed by atoms with Gasteiger partial charge < -0.3 is 4.43 Å². The van der Waals surface area contributed by atoms with Crippen molar-refractivity contribution in [2.75, 3.05) is 0 Å². The average Bonchev–Trinajstić information content (AvgIpc) is 2.90. The highest BCUT2D eigenvalue weighted by atomic mass is 35.5.